The lowest BCUT2D eigenvalue weighted by molar-refractivity contribution is 0.0767. The minimum absolute atomic E-state index is 0.0742. The van der Waals surface area contributed by atoms with E-state index in [1.807, 2.05) is 42.2 Å². The number of carbonyl (C=O) groups excluding carboxylic acids is 1. The fraction of sp³-hybridized carbons (Fsp3) is 0.450. The van der Waals surface area contributed by atoms with Crippen molar-refractivity contribution in [2.45, 2.75) is 19.9 Å². The number of amides is 1. The maximum absolute atomic E-state index is 13.0. The number of sulfonamides is 1. The first-order chi connectivity index (χ1) is 13.2. The van der Waals surface area contributed by atoms with E-state index in [1.165, 1.54) is 6.26 Å². The number of rotatable bonds is 3. The van der Waals surface area contributed by atoms with Crippen molar-refractivity contribution in [3.05, 3.63) is 59.2 Å². The minimum atomic E-state index is -3.33. The molecule has 8 heteroatoms. The molecule has 2 saturated heterocycles. The Balaban J connectivity index is 1.62. The number of likely N-dealkylation sites (tertiary alicyclic amines) is 1. The summed E-state index contributed by atoms with van der Waals surface area (Å²) in [5.74, 6) is 0.659. The number of carbonyl (C=O) groups is 1. The van der Waals surface area contributed by atoms with Gasteiger partial charge >= 0.3 is 0 Å². The van der Waals surface area contributed by atoms with E-state index in [0.717, 1.165) is 11.3 Å². The van der Waals surface area contributed by atoms with Gasteiger partial charge in [-0.15, -0.1) is 0 Å². The molecule has 1 aromatic heterocycles. The molecule has 2 fully saturated rings. The molecule has 0 bridgehead atoms. The first-order valence-electron chi connectivity index (χ1n) is 9.37. The Hall–Kier alpha value is -2.32. The summed E-state index contributed by atoms with van der Waals surface area (Å²) in [5, 5.41) is 0. The van der Waals surface area contributed by atoms with Gasteiger partial charge in [-0.3, -0.25) is 4.79 Å². The van der Waals surface area contributed by atoms with Gasteiger partial charge < -0.3 is 4.90 Å². The van der Waals surface area contributed by atoms with Gasteiger partial charge in [0, 0.05) is 31.2 Å². The Bertz CT molecular complexity index is 989. The fourth-order valence-electron chi connectivity index (χ4n) is 4.57. The molecule has 0 aliphatic carbocycles. The lowest BCUT2D eigenvalue weighted by Gasteiger charge is -2.28. The van der Waals surface area contributed by atoms with Gasteiger partial charge in [0.1, 0.15) is 11.5 Å². The van der Waals surface area contributed by atoms with Crippen LogP contribution in [-0.2, 0) is 10.0 Å². The van der Waals surface area contributed by atoms with Gasteiger partial charge in [0.25, 0.3) is 5.91 Å². The van der Waals surface area contributed by atoms with Gasteiger partial charge in [-0.25, -0.2) is 18.4 Å². The molecule has 0 N–H and O–H groups in total. The summed E-state index contributed by atoms with van der Waals surface area (Å²) in [6, 6.07) is 11.2. The quantitative estimate of drug-likeness (QED) is 0.784. The number of hydrogen-bond donors (Lipinski definition) is 0. The predicted molar refractivity (Wildman–Crippen MR) is 105 cm³/mol. The third-order valence-corrected chi connectivity index (χ3v) is 6.89. The van der Waals surface area contributed by atoms with Crippen LogP contribution in [0.25, 0.3) is 0 Å². The van der Waals surface area contributed by atoms with Crippen LogP contribution >= 0.6 is 0 Å². The van der Waals surface area contributed by atoms with Gasteiger partial charge in [-0.2, -0.15) is 4.31 Å². The Kier molecular flexibility index (Phi) is 4.71. The molecule has 3 atom stereocenters. The van der Waals surface area contributed by atoms with Crippen LogP contribution in [0.15, 0.2) is 36.4 Å². The van der Waals surface area contributed by atoms with E-state index in [-0.39, 0.29) is 23.8 Å². The van der Waals surface area contributed by atoms with Crippen molar-refractivity contribution in [2.75, 3.05) is 25.9 Å². The molecule has 3 heterocycles. The second-order valence-corrected chi connectivity index (χ2v) is 9.70. The molecular weight excluding hydrogens is 376 g/mol. The lowest BCUT2D eigenvalue weighted by atomic mass is 9.90. The van der Waals surface area contributed by atoms with E-state index in [1.54, 1.807) is 17.3 Å². The van der Waals surface area contributed by atoms with Crippen LogP contribution in [0.1, 0.15) is 33.6 Å². The van der Waals surface area contributed by atoms with Crippen LogP contribution in [0.2, 0.25) is 0 Å². The molecule has 2 aromatic rings. The molecular formula is C20H24N4O3S. The molecule has 1 amide bonds. The monoisotopic (exact) mass is 400 g/mol. The summed E-state index contributed by atoms with van der Waals surface area (Å²) in [4.78, 5) is 23.3. The molecule has 28 heavy (non-hydrogen) atoms. The topological polar surface area (TPSA) is 83.5 Å². The van der Waals surface area contributed by atoms with E-state index < -0.39 is 10.0 Å². The van der Waals surface area contributed by atoms with Crippen molar-refractivity contribution < 1.29 is 13.2 Å². The second-order valence-electron chi connectivity index (χ2n) is 7.76. The smallest absolute Gasteiger partial charge is 0.272 e. The molecule has 0 spiro atoms. The third kappa shape index (κ3) is 3.42. The molecule has 0 saturated carbocycles. The summed E-state index contributed by atoms with van der Waals surface area (Å²) >= 11 is 0. The highest BCUT2D eigenvalue weighted by atomic mass is 32.2. The van der Waals surface area contributed by atoms with E-state index in [9.17, 15) is 13.2 Å². The van der Waals surface area contributed by atoms with Crippen molar-refractivity contribution in [3.63, 3.8) is 0 Å². The molecule has 0 radical (unpaired) electrons. The Morgan fingerprint density at radius 2 is 1.79 bits per heavy atom. The van der Waals surface area contributed by atoms with Crippen molar-refractivity contribution in [1.29, 1.82) is 0 Å². The van der Waals surface area contributed by atoms with Gasteiger partial charge in [-0.1, -0.05) is 30.3 Å². The maximum atomic E-state index is 13.0. The Labute approximate surface area is 165 Å². The van der Waals surface area contributed by atoms with Gasteiger partial charge in [-0.05, 0) is 31.4 Å². The third-order valence-electron chi connectivity index (χ3n) is 5.66. The molecule has 148 valence electrons. The Morgan fingerprint density at radius 1 is 1.07 bits per heavy atom. The molecule has 2 aliphatic heterocycles. The van der Waals surface area contributed by atoms with E-state index >= 15 is 0 Å². The van der Waals surface area contributed by atoms with Crippen LogP contribution in [0.4, 0.5) is 0 Å². The molecule has 1 aromatic carbocycles. The van der Waals surface area contributed by atoms with E-state index in [2.05, 4.69) is 9.97 Å². The first-order valence-corrected chi connectivity index (χ1v) is 11.2. The number of hydrogen-bond acceptors (Lipinski definition) is 5. The first kappa shape index (κ1) is 19.0. The number of fused-ring (bicyclic) bond motifs is 1. The maximum Gasteiger partial charge on any atom is 0.272 e. The normalized spacial score (nSPS) is 25.1. The van der Waals surface area contributed by atoms with Crippen molar-refractivity contribution >= 4 is 15.9 Å². The zero-order valence-electron chi connectivity index (χ0n) is 16.2. The average Bonchev–Trinajstić information content (AvgIpc) is 3.18. The SMILES string of the molecule is Cc1cc(C(=O)N2C[C@@H]3CN(S(C)(=O)=O)[C@@H](c4ccccc4)[C@@H]3C2)nc(C)n1. The molecule has 2 aliphatic rings. The summed E-state index contributed by atoms with van der Waals surface area (Å²) in [6.45, 7) is 5.13. The number of aryl methyl sites for hydroxylation is 2. The van der Waals surface area contributed by atoms with Crippen LogP contribution < -0.4 is 0 Å². The fourth-order valence-corrected chi connectivity index (χ4v) is 5.72. The van der Waals surface area contributed by atoms with E-state index in [0.29, 0.717) is 31.2 Å². The Morgan fingerprint density at radius 3 is 2.43 bits per heavy atom. The number of aromatic nitrogens is 2. The lowest BCUT2D eigenvalue weighted by Crippen LogP contribution is -2.37. The minimum Gasteiger partial charge on any atom is -0.337 e. The molecule has 7 nitrogen and oxygen atoms in total. The summed E-state index contributed by atoms with van der Waals surface area (Å²) < 4.78 is 26.4. The van der Waals surface area contributed by atoms with Crippen LogP contribution in [0.5, 0.6) is 0 Å². The second kappa shape index (κ2) is 6.93. The average molecular weight is 401 g/mol. The number of nitrogens with zero attached hydrogens (tertiary/aromatic N) is 4. The van der Waals surface area contributed by atoms with Gasteiger partial charge in [0.2, 0.25) is 10.0 Å². The summed E-state index contributed by atoms with van der Waals surface area (Å²) in [6.07, 6.45) is 1.26. The largest absolute Gasteiger partial charge is 0.337 e. The van der Waals surface area contributed by atoms with Gasteiger partial charge in [0.05, 0.1) is 12.3 Å². The number of benzene rings is 1. The standard InChI is InChI=1S/C20H24N4O3S/c1-13-9-18(22-14(2)21-13)20(25)23-10-16-11-24(28(3,26)27)19(17(16)12-23)15-7-5-4-6-8-15/h4-9,16-17,19H,10-12H2,1-3H3/t16-,17-,19+/m1/s1. The van der Waals surface area contributed by atoms with Crippen LogP contribution in [-0.4, -0.2) is 59.4 Å². The predicted octanol–water partition coefficient (Wildman–Crippen LogP) is 1.80. The highest BCUT2D eigenvalue weighted by molar-refractivity contribution is 7.88. The highest BCUT2D eigenvalue weighted by Crippen LogP contribution is 2.46. The van der Waals surface area contributed by atoms with Crippen molar-refractivity contribution in [1.82, 2.24) is 19.2 Å². The zero-order chi connectivity index (χ0) is 20.1. The zero-order valence-corrected chi connectivity index (χ0v) is 17.1. The van der Waals surface area contributed by atoms with Gasteiger partial charge in [0.15, 0.2) is 0 Å². The van der Waals surface area contributed by atoms with Crippen molar-refractivity contribution in [2.24, 2.45) is 11.8 Å². The van der Waals surface area contributed by atoms with Crippen molar-refractivity contribution in [3.8, 4) is 0 Å². The van der Waals surface area contributed by atoms with Crippen LogP contribution in [0.3, 0.4) is 0 Å². The molecule has 4 rings (SSSR count). The van der Waals surface area contributed by atoms with E-state index in [4.69, 9.17) is 0 Å². The summed E-state index contributed by atoms with van der Waals surface area (Å²) in [7, 11) is -3.33. The highest BCUT2D eigenvalue weighted by Gasteiger charge is 2.51. The molecule has 0 unspecified atom stereocenters. The van der Waals surface area contributed by atoms with Crippen LogP contribution in [0, 0.1) is 25.7 Å². The summed E-state index contributed by atoms with van der Waals surface area (Å²) in [5.41, 5.74) is 2.14.